The number of nitrogens with zero attached hydrogens (tertiary/aromatic N) is 1. The molecular formula is C42H35NO8S. The van der Waals surface area contributed by atoms with Gasteiger partial charge in [0, 0.05) is 32.6 Å². The summed E-state index contributed by atoms with van der Waals surface area (Å²) in [5, 5.41) is 0.697. The van der Waals surface area contributed by atoms with Crippen molar-refractivity contribution in [2.45, 2.75) is 19.3 Å². The molecular weight excluding hydrogens is 679 g/mol. The first kappa shape index (κ1) is 34.5. The summed E-state index contributed by atoms with van der Waals surface area (Å²) in [6, 6.07) is 36.4. The Bertz CT molecular complexity index is 2140. The van der Waals surface area contributed by atoms with Gasteiger partial charge in [-0.2, -0.15) is 0 Å². The summed E-state index contributed by atoms with van der Waals surface area (Å²) in [5.41, 5.74) is 1.73. The zero-order valence-corrected chi connectivity index (χ0v) is 29.0. The molecule has 0 N–H and O–H groups in total. The number of para-hydroxylation sites is 2. The molecule has 1 aliphatic rings. The molecule has 10 heteroatoms. The number of hydrogen-bond donors (Lipinski definition) is 0. The lowest BCUT2D eigenvalue weighted by Gasteiger charge is -2.26. The van der Waals surface area contributed by atoms with Crippen LogP contribution in [0.15, 0.2) is 127 Å². The van der Waals surface area contributed by atoms with Gasteiger partial charge < -0.3 is 23.7 Å². The molecule has 0 bridgehead atoms. The fourth-order valence-electron chi connectivity index (χ4n) is 5.97. The van der Waals surface area contributed by atoms with Crippen LogP contribution in [0, 0.1) is 0 Å². The van der Waals surface area contributed by atoms with Crippen LogP contribution in [0.25, 0.3) is 20.5 Å². The van der Waals surface area contributed by atoms with Crippen LogP contribution >= 0.6 is 11.3 Å². The van der Waals surface area contributed by atoms with E-state index >= 15 is 0 Å². The van der Waals surface area contributed by atoms with E-state index in [9.17, 15) is 14.4 Å². The largest absolute Gasteiger partial charge is 0.519 e. The van der Waals surface area contributed by atoms with Crippen molar-refractivity contribution < 1.29 is 38.1 Å². The normalized spacial score (nSPS) is 12.9. The van der Waals surface area contributed by atoms with E-state index in [2.05, 4.69) is 4.90 Å². The molecule has 7 rings (SSSR count). The summed E-state index contributed by atoms with van der Waals surface area (Å²) in [5.74, 6) is 1.80. The standard InChI is InChI=1S/C42H35NO8S/c44-39(29-14-18-31(19-15-29)47-27-26-43-24-8-3-9-25-43)38-36-23-22-35(51-42(46)49-33-12-6-2-7-13-33)28-37(36)52-40(38)30-16-20-34(21-17-30)50-41(45)48-32-10-4-1-5-11-32/h1-2,4-7,10-23,28H,3,8-9,24-27H2. The van der Waals surface area contributed by atoms with Crippen LogP contribution in [0.3, 0.4) is 0 Å². The van der Waals surface area contributed by atoms with Crippen LogP contribution in [0.2, 0.25) is 0 Å². The number of likely N-dealkylation sites (tertiary alicyclic amines) is 1. The number of carbonyl (C=O) groups is 3. The molecule has 1 saturated heterocycles. The van der Waals surface area contributed by atoms with E-state index in [0.29, 0.717) is 45.2 Å². The first-order valence-electron chi connectivity index (χ1n) is 17.0. The number of piperidine rings is 1. The molecule has 1 fully saturated rings. The van der Waals surface area contributed by atoms with Crippen LogP contribution in [0.5, 0.6) is 28.7 Å². The molecule has 0 radical (unpaired) electrons. The van der Waals surface area contributed by atoms with Gasteiger partial charge in [-0.05, 0) is 122 Å². The Balaban J connectivity index is 1.12. The van der Waals surface area contributed by atoms with Gasteiger partial charge in [0.25, 0.3) is 0 Å². The van der Waals surface area contributed by atoms with Gasteiger partial charge in [-0.15, -0.1) is 11.3 Å². The van der Waals surface area contributed by atoms with Crippen molar-refractivity contribution >= 4 is 39.5 Å². The minimum absolute atomic E-state index is 0.176. The summed E-state index contributed by atoms with van der Waals surface area (Å²) in [6.07, 6.45) is 2.00. The van der Waals surface area contributed by atoms with Gasteiger partial charge in [-0.1, -0.05) is 42.8 Å². The highest BCUT2D eigenvalue weighted by atomic mass is 32.1. The highest BCUT2D eigenvalue weighted by Crippen LogP contribution is 2.42. The van der Waals surface area contributed by atoms with E-state index < -0.39 is 12.3 Å². The van der Waals surface area contributed by atoms with Gasteiger partial charge >= 0.3 is 12.3 Å². The molecule has 1 aromatic heterocycles. The van der Waals surface area contributed by atoms with Crippen molar-refractivity contribution in [2.75, 3.05) is 26.2 Å². The smallest absolute Gasteiger partial charge is 0.492 e. The molecule has 0 amide bonds. The minimum Gasteiger partial charge on any atom is -0.492 e. The predicted molar refractivity (Wildman–Crippen MR) is 199 cm³/mol. The summed E-state index contributed by atoms with van der Waals surface area (Å²) in [4.78, 5) is 42.3. The Labute approximate surface area is 304 Å². The Morgan fingerprint density at radius 1 is 0.577 bits per heavy atom. The van der Waals surface area contributed by atoms with E-state index in [-0.39, 0.29) is 17.3 Å². The number of carbonyl (C=O) groups excluding carboxylic acids is 3. The number of fused-ring (bicyclic) bond motifs is 1. The maximum atomic E-state index is 14.3. The molecule has 262 valence electrons. The molecule has 52 heavy (non-hydrogen) atoms. The van der Waals surface area contributed by atoms with Gasteiger partial charge in [-0.25, -0.2) is 9.59 Å². The first-order chi connectivity index (χ1) is 25.5. The van der Waals surface area contributed by atoms with E-state index in [1.54, 1.807) is 103 Å². The van der Waals surface area contributed by atoms with Gasteiger partial charge in [0.1, 0.15) is 35.4 Å². The Morgan fingerprint density at radius 3 is 1.73 bits per heavy atom. The van der Waals surface area contributed by atoms with E-state index in [1.165, 1.54) is 30.6 Å². The van der Waals surface area contributed by atoms with Crippen molar-refractivity contribution in [3.05, 3.63) is 139 Å². The number of thiophene rings is 1. The summed E-state index contributed by atoms with van der Waals surface area (Å²) < 4.78 is 28.1. The SMILES string of the molecule is O=C(Oc1ccccc1)Oc1ccc(-c2sc3cc(OC(=O)Oc4ccccc4)ccc3c2C(=O)c2ccc(OCCN3CCCCC3)cc2)cc1. The van der Waals surface area contributed by atoms with Crippen LogP contribution in [-0.4, -0.2) is 49.2 Å². The van der Waals surface area contributed by atoms with Crippen molar-refractivity contribution in [1.29, 1.82) is 0 Å². The van der Waals surface area contributed by atoms with E-state index in [0.717, 1.165) is 29.9 Å². The molecule has 2 heterocycles. The zero-order valence-electron chi connectivity index (χ0n) is 28.2. The zero-order chi connectivity index (χ0) is 35.7. The van der Waals surface area contributed by atoms with Crippen molar-refractivity contribution in [3.63, 3.8) is 0 Å². The van der Waals surface area contributed by atoms with Gasteiger partial charge in [0.15, 0.2) is 5.78 Å². The quantitative estimate of drug-likeness (QED) is 0.0738. The number of benzene rings is 5. The van der Waals surface area contributed by atoms with Gasteiger partial charge in [-0.3, -0.25) is 9.69 Å². The highest BCUT2D eigenvalue weighted by Gasteiger charge is 2.23. The molecule has 6 aromatic rings. The number of hydrogen-bond acceptors (Lipinski definition) is 10. The average Bonchev–Trinajstić information content (AvgIpc) is 3.55. The first-order valence-corrected chi connectivity index (χ1v) is 17.9. The number of rotatable bonds is 11. The topological polar surface area (TPSA) is 101 Å². The Kier molecular flexibility index (Phi) is 10.9. The lowest BCUT2D eigenvalue weighted by molar-refractivity contribution is 0.104. The number of ketones is 1. The summed E-state index contributed by atoms with van der Waals surface area (Å²) in [7, 11) is 0. The van der Waals surface area contributed by atoms with Crippen LogP contribution in [0.1, 0.15) is 35.2 Å². The van der Waals surface area contributed by atoms with Gasteiger partial charge in [0.2, 0.25) is 0 Å². The fourth-order valence-corrected chi connectivity index (χ4v) is 7.20. The molecule has 0 unspecified atom stereocenters. The fraction of sp³-hybridized carbons (Fsp3) is 0.167. The summed E-state index contributed by atoms with van der Waals surface area (Å²) >= 11 is 1.38. The molecule has 0 saturated carbocycles. The van der Waals surface area contributed by atoms with Crippen molar-refractivity contribution in [3.8, 4) is 39.2 Å². The molecule has 0 spiro atoms. The van der Waals surface area contributed by atoms with E-state index in [1.807, 2.05) is 24.3 Å². The number of ether oxygens (including phenoxy) is 5. The predicted octanol–water partition coefficient (Wildman–Crippen LogP) is 9.82. The molecule has 1 aliphatic heterocycles. The molecule has 0 atom stereocenters. The van der Waals surface area contributed by atoms with Crippen molar-refractivity contribution in [2.24, 2.45) is 0 Å². The summed E-state index contributed by atoms with van der Waals surface area (Å²) in [6.45, 7) is 3.67. The lowest BCUT2D eigenvalue weighted by atomic mass is 9.97. The highest BCUT2D eigenvalue weighted by molar-refractivity contribution is 7.22. The van der Waals surface area contributed by atoms with Crippen molar-refractivity contribution in [1.82, 2.24) is 4.90 Å². The lowest BCUT2D eigenvalue weighted by Crippen LogP contribution is -2.33. The second-order valence-corrected chi connectivity index (χ2v) is 13.2. The molecule has 0 aliphatic carbocycles. The third-order valence-corrected chi connectivity index (χ3v) is 9.74. The molecule has 5 aromatic carbocycles. The third kappa shape index (κ3) is 8.66. The second kappa shape index (κ2) is 16.4. The molecule has 9 nitrogen and oxygen atoms in total. The monoisotopic (exact) mass is 713 g/mol. The minimum atomic E-state index is -0.877. The third-order valence-electron chi connectivity index (χ3n) is 8.54. The van der Waals surface area contributed by atoms with Crippen LogP contribution < -0.4 is 23.7 Å². The maximum absolute atomic E-state index is 14.3. The Morgan fingerprint density at radius 2 is 1.12 bits per heavy atom. The Hall–Kier alpha value is -5.97. The van der Waals surface area contributed by atoms with Crippen LogP contribution in [-0.2, 0) is 0 Å². The van der Waals surface area contributed by atoms with Crippen LogP contribution in [0.4, 0.5) is 9.59 Å². The van der Waals surface area contributed by atoms with E-state index in [4.69, 9.17) is 23.7 Å². The van der Waals surface area contributed by atoms with Gasteiger partial charge in [0.05, 0.1) is 0 Å². The second-order valence-electron chi connectivity index (χ2n) is 12.1. The maximum Gasteiger partial charge on any atom is 0.519 e. The average molecular weight is 714 g/mol.